The van der Waals surface area contributed by atoms with Gasteiger partial charge in [0.15, 0.2) is 0 Å². The molecule has 2 aromatic carbocycles. The van der Waals surface area contributed by atoms with Crippen molar-refractivity contribution in [1.29, 1.82) is 0 Å². The van der Waals surface area contributed by atoms with E-state index >= 15 is 0 Å². The highest BCUT2D eigenvalue weighted by molar-refractivity contribution is 6.34. The molecule has 2 amide bonds. The maximum atomic E-state index is 12.4. The monoisotopic (exact) mass is 348 g/mol. The number of para-hydroxylation sites is 1. The van der Waals surface area contributed by atoms with E-state index in [1.54, 1.807) is 47.4 Å². The molecule has 0 radical (unpaired) electrons. The second-order valence-corrected chi connectivity index (χ2v) is 6.20. The van der Waals surface area contributed by atoms with Gasteiger partial charge in [0.1, 0.15) is 0 Å². The summed E-state index contributed by atoms with van der Waals surface area (Å²) in [4.78, 5) is 26.1. The molecule has 118 valence electrons. The van der Waals surface area contributed by atoms with Gasteiger partial charge in [-0.1, -0.05) is 41.4 Å². The lowest BCUT2D eigenvalue weighted by molar-refractivity contribution is -0.122. The Hall–Kier alpha value is -2.04. The van der Waals surface area contributed by atoms with Crippen molar-refractivity contribution < 1.29 is 9.59 Å². The average Bonchev–Trinajstić information content (AvgIpc) is 2.90. The van der Waals surface area contributed by atoms with Gasteiger partial charge in [-0.05, 0) is 30.3 Å². The summed E-state index contributed by atoms with van der Waals surface area (Å²) >= 11 is 12.0. The molecule has 2 aromatic rings. The first-order valence-electron chi connectivity index (χ1n) is 7.16. The molecule has 1 aliphatic heterocycles. The van der Waals surface area contributed by atoms with E-state index in [1.807, 2.05) is 6.07 Å². The predicted octanol–water partition coefficient (Wildman–Crippen LogP) is 3.99. The van der Waals surface area contributed by atoms with Gasteiger partial charge in [0.2, 0.25) is 11.8 Å². The van der Waals surface area contributed by atoms with Crippen molar-refractivity contribution in [2.75, 3.05) is 16.8 Å². The summed E-state index contributed by atoms with van der Waals surface area (Å²) in [6.07, 6.45) is 0.164. The number of hydrogen-bond donors (Lipinski definition) is 1. The average molecular weight is 349 g/mol. The van der Waals surface area contributed by atoms with Crippen LogP contribution in [-0.4, -0.2) is 18.4 Å². The zero-order valence-electron chi connectivity index (χ0n) is 12.1. The van der Waals surface area contributed by atoms with Gasteiger partial charge in [0.05, 0.1) is 16.6 Å². The minimum absolute atomic E-state index is 0.107. The van der Waals surface area contributed by atoms with Gasteiger partial charge in [0, 0.05) is 23.7 Å². The lowest BCUT2D eigenvalue weighted by Gasteiger charge is -2.18. The Balaban J connectivity index is 1.72. The van der Waals surface area contributed by atoms with Gasteiger partial charge in [-0.25, -0.2) is 0 Å². The highest BCUT2D eigenvalue weighted by Crippen LogP contribution is 2.31. The van der Waals surface area contributed by atoms with Crippen LogP contribution in [0.2, 0.25) is 10.0 Å². The maximum Gasteiger partial charge on any atom is 0.229 e. The summed E-state index contributed by atoms with van der Waals surface area (Å²) in [7, 11) is 0. The zero-order valence-corrected chi connectivity index (χ0v) is 13.6. The quantitative estimate of drug-likeness (QED) is 0.911. The third-order valence-electron chi connectivity index (χ3n) is 3.73. The number of anilines is 2. The number of halogens is 2. The van der Waals surface area contributed by atoms with Crippen molar-refractivity contribution in [3.63, 3.8) is 0 Å². The molecule has 0 saturated carbocycles. The van der Waals surface area contributed by atoms with E-state index in [0.29, 0.717) is 28.0 Å². The Morgan fingerprint density at radius 3 is 2.65 bits per heavy atom. The normalized spacial score (nSPS) is 17.4. The highest BCUT2D eigenvalue weighted by Gasteiger charge is 2.35. The number of nitrogens with one attached hydrogen (secondary N) is 1. The van der Waals surface area contributed by atoms with E-state index in [9.17, 15) is 9.59 Å². The standard InChI is InChI=1S/C17H14Cl2N2O2/c18-12-4-3-5-13(9-12)20-17(23)11-8-16(22)21(10-11)15-7-2-1-6-14(15)19/h1-7,9,11H,8,10H2,(H,20,23)/t11-/m0/s1. The SMILES string of the molecule is O=C(Nc1cccc(Cl)c1)[C@H]1CC(=O)N(c2ccccc2Cl)C1. The fraction of sp³-hybridized carbons (Fsp3) is 0.176. The molecule has 0 unspecified atom stereocenters. The molecule has 1 N–H and O–H groups in total. The van der Waals surface area contributed by atoms with E-state index in [4.69, 9.17) is 23.2 Å². The lowest BCUT2D eigenvalue weighted by Crippen LogP contribution is -2.28. The van der Waals surface area contributed by atoms with Crippen LogP contribution in [0.3, 0.4) is 0 Å². The van der Waals surface area contributed by atoms with Crippen molar-refractivity contribution in [2.45, 2.75) is 6.42 Å². The first-order valence-corrected chi connectivity index (χ1v) is 7.91. The molecule has 1 heterocycles. The molecule has 6 heteroatoms. The van der Waals surface area contributed by atoms with Crippen LogP contribution in [0.15, 0.2) is 48.5 Å². The van der Waals surface area contributed by atoms with Crippen molar-refractivity contribution >= 4 is 46.4 Å². The molecule has 23 heavy (non-hydrogen) atoms. The third kappa shape index (κ3) is 3.49. The van der Waals surface area contributed by atoms with Crippen LogP contribution in [0.4, 0.5) is 11.4 Å². The minimum Gasteiger partial charge on any atom is -0.326 e. The van der Waals surface area contributed by atoms with Crippen LogP contribution in [0, 0.1) is 5.92 Å². The molecule has 1 atom stereocenters. The van der Waals surface area contributed by atoms with Crippen LogP contribution in [-0.2, 0) is 9.59 Å². The summed E-state index contributed by atoms with van der Waals surface area (Å²) in [5.41, 5.74) is 1.25. The molecule has 1 saturated heterocycles. The highest BCUT2D eigenvalue weighted by atomic mass is 35.5. The van der Waals surface area contributed by atoms with Crippen LogP contribution < -0.4 is 10.2 Å². The second kappa shape index (κ2) is 6.60. The van der Waals surface area contributed by atoms with Crippen molar-refractivity contribution in [1.82, 2.24) is 0 Å². The Kier molecular flexibility index (Phi) is 4.55. The number of rotatable bonds is 3. The van der Waals surface area contributed by atoms with E-state index in [-0.39, 0.29) is 18.2 Å². The number of benzene rings is 2. The summed E-state index contributed by atoms with van der Waals surface area (Å²) in [6, 6.07) is 14.0. The summed E-state index contributed by atoms with van der Waals surface area (Å²) in [6.45, 7) is 0.314. The molecule has 1 aliphatic rings. The Bertz CT molecular complexity index is 764. The largest absolute Gasteiger partial charge is 0.326 e. The molecule has 0 spiro atoms. The molecule has 1 fully saturated rings. The lowest BCUT2D eigenvalue weighted by atomic mass is 10.1. The van der Waals surface area contributed by atoms with Gasteiger partial charge in [0.25, 0.3) is 0 Å². The summed E-state index contributed by atoms with van der Waals surface area (Å²) < 4.78 is 0. The summed E-state index contributed by atoms with van der Waals surface area (Å²) in [5, 5.41) is 3.84. The van der Waals surface area contributed by atoms with E-state index in [2.05, 4.69) is 5.32 Å². The smallest absolute Gasteiger partial charge is 0.229 e. The molecular weight excluding hydrogens is 335 g/mol. The number of nitrogens with zero attached hydrogens (tertiary/aromatic N) is 1. The van der Waals surface area contributed by atoms with Gasteiger partial charge >= 0.3 is 0 Å². The molecule has 0 aliphatic carbocycles. The van der Waals surface area contributed by atoms with E-state index in [0.717, 1.165) is 0 Å². The number of hydrogen-bond acceptors (Lipinski definition) is 2. The zero-order chi connectivity index (χ0) is 16.4. The van der Waals surface area contributed by atoms with E-state index in [1.165, 1.54) is 0 Å². The van der Waals surface area contributed by atoms with Gasteiger partial charge in [-0.15, -0.1) is 0 Å². The minimum atomic E-state index is -0.419. The second-order valence-electron chi connectivity index (χ2n) is 5.36. The molecule has 3 rings (SSSR count). The molecule has 0 bridgehead atoms. The van der Waals surface area contributed by atoms with Gasteiger partial charge < -0.3 is 10.2 Å². The predicted molar refractivity (Wildman–Crippen MR) is 92.0 cm³/mol. The summed E-state index contributed by atoms with van der Waals surface area (Å²) in [5.74, 6) is -0.725. The third-order valence-corrected chi connectivity index (χ3v) is 4.29. The number of carbonyl (C=O) groups excluding carboxylic acids is 2. The first-order chi connectivity index (χ1) is 11.0. The Morgan fingerprint density at radius 1 is 1.13 bits per heavy atom. The van der Waals surface area contributed by atoms with Crippen LogP contribution in [0.1, 0.15) is 6.42 Å². The van der Waals surface area contributed by atoms with Crippen LogP contribution in [0.5, 0.6) is 0 Å². The van der Waals surface area contributed by atoms with Crippen LogP contribution >= 0.6 is 23.2 Å². The van der Waals surface area contributed by atoms with Gasteiger partial charge in [-0.3, -0.25) is 9.59 Å². The Morgan fingerprint density at radius 2 is 1.91 bits per heavy atom. The van der Waals surface area contributed by atoms with Crippen molar-refractivity contribution in [3.05, 3.63) is 58.6 Å². The van der Waals surface area contributed by atoms with Gasteiger partial charge in [-0.2, -0.15) is 0 Å². The van der Waals surface area contributed by atoms with E-state index < -0.39 is 5.92 Å². The van der Waals surface area contributed by atoms with Crippen LogP contribution in [0.25, 0.3) is 0 Å². The fourth-order valence-electron chi connectivity index (χ4n) is 2.60. The molecule has 0 aromatic heterocycles. The fourth-order valence-corrected chi connectivity index (χ4v) is 3.03. The van der Waals surface area contributed by atoms with Crippen molar-refractivity contribution in [2.24, 2.45) is 5.92 Å². The topological polar surface area (TPSA) is 49.4 Å². The first kappa shape index (κ1) is 15.8. The maximum absolute atomic E-state index is 12.4. The number of carbonyl (C=O) groups is 2. The van der Waals surface area contributed by atoms with Crippen molar-refractivity contribution in [3.8, 4) is 0 Å². The molecular formula is C17H14Cl2N2O2. The Labute approximate surface area is 144 Å². The number of amides is 2. The molecule has 4 nitrogen and oxygen atoms in total.